The molecule has 1 spiro atoms. The molecule has 0 saturated carbocycles. The smallest absolute Gasteiger partial charge is 0.257 e. The monoisotopic (exact) mass is 409 g/mol. The molecule has 30 heavy (non-hydrogen) atoms. The molecule has 3 heterocycles. The molecule has 160 valence electrons. The van der Waals surface area contributed by atoms with Crippen molar-refractivity contribution in [2.24, 2.45) is 18.4 Å². The van der Waals surface area contributed by atoms with Crippen molar-refractivity contribution in [3.05, 3.63) is 53.3 Å². The molecule has 1 N–H and O–H groups in total. The highest BCUT2D eigenvalue weighted by Gasteiger charge is 2.57. The highest BCUT2D eigenvalue weighted by Crippen LogP contribution is 2.45. The fourth-order valence-corrected chi connectivity index (χ4v) is 4.84. The zero-order chi connectivity index (χ0) is 21.5. The van der Waals surface area contributed by atoms with Gasteiger partial charge in [-0.15, -0.1) is 0 Å². The lowest BCUT2D eigenvalue weighted by atomic mass is 9.71. The van der Waals surface area contributed by atoms with Crippen molar-refractivity contribution < 1.29 is 9.59 Å². The van der Waals surface area contributed by atoms with E-state index in [1.165, 1.54) is 5.56 Å². The summed E-state index contributed by atoms with van der Waals surface area (Å²) in [6, 6.07) is 10.5. The van der Waals surface area contributed by atoms with Crippen LogP contribution in [-0.4, -0.2) is 63.6 Å². The van der Waals surface area contributed by atoms with E-state index in [4.69, 9.17) is 0 Å². The first-order valence-corrected chi connectivity index (χ1v) is 10.6. The molecule has 1 aromatic heterocycles. The SMILES string of the molecule is Cc1c(C(=O)N2CC3(CN(Cc4ccccc4)CC3C(=O)NC(C)C)C2)cnn1C. The van der Waals surface area contributed by atoms with Crippen LogP contribution in [0.2, 0.25) is 0 Å². The number of carbonyl (C=O) groups excluding carboxylic acids is 2. The molecule has 1 unspecified atom stereocenters. The van der Waals surface area contributed by atoms with Gasteiger partial charge in [-0.2, -0.15) is 5.10 Å². The molecule has 2 aromatic rings. The number of hydrogen-bond donors (Lipinski definition) is 1. The number of likely N-dealkylation sites (tertiary alicyclic amines) is 2. The zero-order valence-electron chi connectivity index (χ0n) is 18.3. The van der Waals surface area contributed by atoms with Gasteiger partial charge in [-0.3, -0.25) is 19.2 Å². The summed E-state index contributed by atoms with van der Waals surface area (Å²) in [6.45, 7) is 9.49. The number of hydrogen-bond acceptors (Lipinski definition) is 4. The van der Waals surface area contributed by atoms with Gasteiger partial charge in [0.2, 0.25) is 5.91 Å². The maximum Gasteiger partial charge on any atom is 0.257 e. The maximum atomic E-state index is 13.0. The molecule has 2 fully saturated rings. The molecule has 1 aromatic carbocycles. The van der Waals surface area contributed by atoms with Crippen LogP contribution < -0.4 is 5.32 Å². The van der Waals surface area contributed by atoms with E-state index in [-0.39, 0.29) is 29.2 Å². The Hall–Kier alpha value is -2.67. The summed E-state index contributed by atoms with van der Waals surface area (Å²) in [7, 11) is 1.84. The van der Waals surface area contributed by atoms with Gasteiger partial charge in [-0.05, 0) is 26.3 Å². The number of benzene rings is 1. The summed E-state index contributed by atoms with van der Waals surface area (Å²) < 4.78 is 1.72. The van der Waals surface area contributed by atoms with Gasteiger partial charge in [-0.1, -0.05) is 30.3 Å². The third kappa shape index (κ3) is 3.74. The normalized spacial score (nSPS) is 20.6. The molecule has 7 heteroatoms. The van der Waals surface area contributed by atoms with Crippen LogP contribution in [-0.2, 0) is 18.4 Å². The van der Waals surface area contributed by atoms with Gasteiger partial charge in [-0.25, -0.2) is 0 Å². The lowest BCUT2D eigenvalue weighted by Gasteiger charge is -2.50. The number of aromatic nitrogens is 2. The highest BCUT2D eigenvalue weighted by atomic mass is 16.2. The van der Waals surface area contributed by atoms with E-state index in [0.29, 0.717) is 18.7 Å². The van der Waals surface area contributed by atoms with Crippen LogP contribution in [0.1, 0.15) is 35.5 Å². The Morgan fingerprint density at radius 3 is 2.50 bits per heavy atom. The summed E-state index contributed by atoms with van der Waals surface area (Å²) >= 11 is 0. The molecule has 7 nitrogen and oxygen atoms in total. The van der Waals surface area contributed by atoms with E-state index in [1.54, 1.807) is 10.9 Å². The fraction of sp³-hybridized carbons (Fsp3) is 0.522. The molecule has 0 radical (unpaired) electrons. The number of aryl methyl sites for hydroxylation is 1. The third-order valence-corrected chi connectivity index (χ3v) is 6.48. The van der Waals surface area contributed by atoms with Gasteiger partial charge in [0, 0.05) is 56.9 Å². The Labute approximate surface area is 178 Å². The Bertz CT molecular complexity index is 930. The van der Waals surface area contributed by atoms with Gasteiger partial charge in [0.15, 0.2) is 0 Å². The Morgan fingerprint density at radius 2 is 1.90 bits per heavy atom. The van der Waals surface area contributed by atoms with E-state index in [1.807, 2.05) is 50.9 Å². The van der Waals surface area contributed by atoms with Crippen LogP contribution in [0.4, 0.5) is 0 Å². The predicted octanol–water partition coefficient (Wildman–Crippen LogP) is 1.83. The summed E-state index contributed by atoms with van der Waals surface area (Å²) in [5.41, 5.74) is 2.58. The van der Waals surface area contributed by atoms with E-state index >= 15 is 0 Å². The largest absolute Gasteiger partial charge is 0.354 e. The van der Waals surface area contributed by atoms with Crippen LogP contribution >= 0.6 is 0 Å². The van der Waals surface area contributed by atoms with E-state index < -0.39 is 0 Å². The van der Waals surface area contributed by atoms with Crippen LogP contribution in [0.25, 0.3) is 0 Å². The average molecular weight is 410 g/mol. The van der Waals surface area contributed by atoms with Gasteiger partial charge in [0.1, 0.15) is 0 Å². The lowest BCUT2D eigenvalue weighted by Crippen LogP contribution is -2.64. The van der Waals surface area contributed by atoms with Crippen molar-refractivity contribution in [3.8, 4) is 0 Å². The molecular weight excluding hydrogens is 378 g/mol. The third-order valence-electron chi connectivity index (χ3n) is 6.48. The Kier molecular flexibility index (Phi) is 5.40. The summed E-state index contributed by atoms with van der Waals surface area (Å²) in [5.74, 6) is 0.00336. The predicted molar refractivity (Wildman–Crippen MR) is 115 cm³/mol. The first kappa shape index (κ1) is 20.6. The summed E-state index contributed by atoms with van der Waals surface area (Å²) in [5, 5.41) is 7.30. The second kappa shape index (κ2) is 7.87. The van der Waals surface area contributed by atoms with Crippen molar-refractivity contribution in [2.45, 2.75) is 33.4 Å². The summed E-state index contributed by atoms with van der Waals surface area (Å²) in [6.07, 6.45) is 1.64. The van der Waals surface area contributed by atoms with E-state index in [2.05, 4.69) is 27.4 Å². The molecule has 2 aliphatic heterocycles. The van der Waals surface area contributed by atoms with Crippen LogP contribution in [0, 0.1) is 18.3 Å². The van der Waals surface area contributed by atoms with Crippen molar-refractivity contribution in [3.63, 3.8) is 0 Å². The van der Waals surface area contributed by atoms with Crippen molar-refractivity contribution in [1.82, 2.24) is 24.9 Å². The second-order valence-corrected chi connectivity index (χ2v) is 9.16. The van der Waals surface area contributed by atoms with Crippen molar-refractivity contribution >= 4 is 11.8 Å². The van der Waals surface area contributed by atoms with Crippen LogP contribution in [0.3, 0.4) is 0 Å². The topological polar surface area (TPSA) is 70.5 Å². The van der Waals surface area contributed by atoms with E-state index in [9.17, 15) is 9.59 Å². The van der Waals surface area contributed by atoms with Crippen LogP contribution in [0.15, 0.2) is 36.5 Å². The molecule has 2 saturated heterocycles. The second-order valence-electron chi connectivity index (χ2n) is 9.16. The minimum absolute atomic E-state index is 0.00996. The summed E-state index contributed by atoms with van der Waals surface area (Å²) in [4.78, 5) is 30.2. The number of nitrogens with one attached hydrogen (secondary N) is 1. The van der Waals surface area contributed by atoms with Gasteiger partial charge < -0.3 is 10.2 Å². The van der Waals surface area contributed by atoms with Gasteiger partial charge >= 0.3 is 0 Å². The Morgan fingerprint density at radius 1 is 1.20 bits per heavy atom. The molecule has 2 aliphatic rings. The van der Waals surface area contributed by atoms with Crippen LogP contribution in [0.5, 0.6) is 0 Å². The zero-order valence-corrected chi connectivity index (χ0v) is 18.3. The molecule has 0 aliphatic carbocycles. The number of amides is 2. The maximum absolute atomic E-state index is 13.0. The Balaban J connectivity index is 1.50. The fourth-order valence-electron chi connectivity index (χ4n) is 4.84. The molecular formula is C23H31N5O2. The average Bonchev–Trinajstić information content (AvgIpc) is 3.21. The minimum Gasteiger partial charge on any atom is -0.354 e. The quantitative estimate of drug-likeness (QED) is 0.818. The van der Waals surface area contributed by atoms with E-state index in [0.717, 1.165) is 25.3 Å². The molecule has 0 bridgehead atoms. The molecule has 4 rings (SSSR count). The first-order valence-electron chi connectivity index (χ1n) is 10.6. The first-order chi connectivity index (χ1) is 14.3. The van der Waals surface area contributed by atoms with Crippen molar-refractivity contribution in [2.75, 3.05) is 26.2 Å². The lowest BCUT2D eigenvalue weighted by molar-refractivity contribution is -0.131. The van der Waals surface area contributed by atoms with Gasteiger partial charge in [0.05, 0.1) is 17.7 Å². The standard InChI is InChI=1S/C23H31N5O2/c1-16(2)25-21(29)20-12-27(11-18-8-6-5-7-9-18)13-23(20)14-28(15-23)22(30)19-10-24-26(4)17(19)3/h5-10,16,20H,11-15H2,1-4H3,(H,25,29). The number of rotatable bonds is 5. The van der Waals surface area contributed by atoms with Crippen molar-refractivity contribution in [1.29, 1.82) is 0 Å². The molecule has 2 amide bonds. The van der Waals surface area contributed by atoms with Gasteiger partial charge in [0.25, 0.3) is 5.91 Å². The number of nitrogens with zero attached hydrogens (tertiary/aromatic N) is 4. The highest BCUT2D eigenvalue weighted by molar-refractivity contribution is 5.96. The minimum atomic E-state index is -0.181. The molecule has 1 atom stereocenters. The number of carbonyl (C=O) groups is 2.